The van der Waals surface area contributed by atoms with Gasteiger partial charge in [0.25, 0.3) is 5.91 Å². The lowest BCUT2D eigenvalue weighted by Crippen LogP contribution is -2.30. The van der Waals surface area contributed by atoms with Gasteiger partial charge in [0.05, 0.1) is 18.5 Å². The Hall–Kier alpha value is -2.34. The number of hydrogen-bond donors (Lipinski definition) is 1. The van der Waals surface area contributed by atoms with E-state index in [-0.39, 0.29) is 12.5 Å². The van der Waals surface area contributed by atoms with E-state index >= 15 is 0 Å². The molecule has 2 aromatic rings. The highest BCUT2D eigenvalue weighted by atomic mass is 32.2. The summed E-state index contributed by atoms with van der Waals surface area (Å²) in [6.45, 7) is 4.07. The molecule has 0 aromatic heterocycles. The van der Waals surface area contributed by atoms with E-state index in [1.807, 2.05) is 44.2 Å². The lowest BCUT2D eigenvalue weighted by molar-refractivity contribution is 0.0951. The Morgan fingerprint density at radius 1 is 1.12 bits per heavy atom. The van der Waals surface area contributed by atoms with Crippen molar-refractivity contribution in [3.8, 4) is 0 Å². The molecule has 1 aliphatic carbocycles. The minimum Gasteiger partial charge on any atom is -0.349 e. The molecular weight excluding hydrogens is 348 g/mol. The lowest BCUT2D eigenvalue weighted by Gasteiger charge is -2.25. The summed E-state index contributed by atoms with van der Waals surface area (Å²) < 4.78 is 26.1. The van der Waals surface area contributed by atoms with Crippen LogP contribution in [0, 0.1) is 13.8 Å². The predicted molar refractivity (Wildman–Crippen MR) is 104 cm³/mol. The molecule has 6 heteroatoms. The van der Waals surface area contributed by atoms with E-state index in [1.165, 1.54) is 10.6 Å². The van der Waals surface area contributed by atoms with Crippen LogP contribution in [0.15, 0.2) is 42.5 Å². The van der Waals surface area contributed by atoms with Gasteiger partial charge in [0.1, 0.15) is 0 Å². The van der Waals surface area contributed by atoms with E-state index in [0.717, 1.165) is 29.5 Å². The molecule has 1 fully saturated rings. The Morgan fingerprint density at radius 3 is 2.35 bits per heavy atom. The second-order valence-electron chi connectivity index (χ2n) is 7.00. The number of sulfonamides is 1. The van der Waals surface area contributed by atoms with Crippen molar-refractivity contribution in [2.45, 2.75) is 39.3 Å². The maximum Gasteiger partial charge on any atom is 0.251 e. The Kier molecular flexibility index (Phi) is 5.05. The SMILES string of the molecule is Cc1ccc(C)c(N(Cc2ccc(C(=O)NC3CC3)cc2)S(C)(=O)=O)c1. The number of aryl methyl sites for hydroxylation is 2. The molecule has 1 amide bonds. The number of carbonyl (C=O) groups is 1. The van der Waals surface area contributed by atoms with E-state index in [4.69, 9.17) is 0 Å². The van der Waals surface area contributed by atoms with Gasteiger partial charge in [0.15, 0.2) is 0 Å². The van der Waals surface area contributed by atoms with Gasteiger partial charge in [0, 0.05) is 11.6 Å². The quantitative estimate of drug-likeness (QED) is 0.847. The van der Waals surface area contributed by atoms with Crippen molar-refractivity contribution in [3.63, 3.8) is 0 Å². The van der Waals surface area contributed by atoms with Crippen LogP contribution in [0.5, 0.6) is 0 Å². The molecule has 5 nitrogen and oxygen atoms in total. The van der Waals surface area contributed by atoms with Crippen LogP contribution < -0.4 is 9.62 Å². The van der Waals surface area contributed by atoms with Crippen molar-refractivity contribution in [1.29, 1.82) is 0 Å². The number of amides is 1. The van der Waals surface area contributed by atoms with Gasteiger partial charge in [-0.15, -0.1) is 0 Å². The third-order valence-electron chi connectivity index (χ3n) is 4.49. The molecule has 1 N–H and O–H groups in total. The third kappa shape index (κ3) is 4.43. The molecule has 2 aromatic carbocycles. The molecule has 0 atom stereocenters. The molecular formula is C20H24N2O3S. The van der Waals surface area contributed by atoms with Crippen LogP contribution >= 0.6 is 0 Å². The molecule has 0 radical (unpaired) electrons. The highest BCUT2D eigenvalue weighted by molar-refractivity contribution is 7.92. The fourth-order valence-electron chi connectivity index (χ4n) is 2.79. The van der Waals surface area contributed by atoms with Crippen molar-refractivity contribution < 1.29 is 13.2 Å². The van der Waals surface area contributed by atoms with Crippen LogP contribution in [0.3, 0.4) is 0 Å². The fourth-order valence-corrected chi connectivity index (χ4v) is 3.73. The molecule has 0 unspecified atom stereocenters. The summed E-state index contributed by atoms with van der Waals surface area (Å²) >= 11 is 0. The number of benzene rings is 2. The molecule has 138 valence electrons. The summed E-state index contributed by atoms with van der Waals surface area (Å²) in [6, 6.07) is 13.2. The largest absolute Gasteiger partial charge is 0.349 e. The number of anilines is 1. The number of nitrogens with one attached hydrogen (secondary N) is 1. The average molecular weight is 372 g/mol. The van der Waals surface area contributed by atoms with Gasteiger partial charge in [-0.3, -0.25) is 9.10 Å². The van der Waals surface area contributed by atoms with Crippen LogP contribution in [-0.4, -0.2) is 26.6 Å². The van der Waals surface area contributed by atoms with Gasteiger partial charge in [0.2, 0.25) is 10.0 Å². The van der Waals surface area contributed by atoms with E-state index in [9.17, 15) is 13.2 Å². The molecule has 0 spiro atoms. The number of hydrogen-bond acceptors (Lipinski definition) is 3. The molecule has 26 heavy (non-hydrogen) atoms. The topological polar surface area (TPSA) is 66.5 Å². The van der Waals surface area contributed by atoms with E-state index in [1.54, 1.807) is 12.1 Å². The zero-order valence-corrected chi connectivity index (χ0v) is 16.1. The Labute approximate surface area is 155 Å². The first kappa shape index (κ1) is 18.5. The summed E-state index contributed by atoms with van der Waals surface area (Å²) in [5, 5.41) is 2.95. The first-order chi connectivity index (χ1) is 12.2. The minimum atomic E-state index is -3.44. The maximum absolute atomic E-state index is 12.4. The van der Waals surface area contributed by atoms with Gasteiger partial charge in [-0.1, -0.05) is 24.3 Å². The van der Waals surface area contributed by atoms with Gasteiger partial charge in [-0.25, -0.2) is 8.42 Å². The predicted octanol–water partition coefficient (Wildman–Crippen LogP) is 3.16. The zero-order valence-electron chi connectivity index (χ0n) is 15.3. The van der Waals surface area contributed by atoms with Crippen LogP contribution in [0.25, 0.3) is 0 Å². The van der Waals surface area contributed by atoms with Crippen LogP contribution in [-0.2, 0) is 16.6 Å². The van der Waals surface area contributed by atoms with Gasteiger partial charge < -0.3 is 5.32 Å². The monoisotopic (exact) mass is 372 g/mol. The average Bonchev–Trinajstić information content (AvgIpc) is 3.38. The first-order valence-electron chi connectivity index (χ1n) is 8.69. The van der Waals surface area contributed by atoms with Gasteiger partial charge in [-0.05, 0) is 61.6 Å². The highest BCUT2D eigenvalue weighted by Gasteiger charge is 2.24. The molecule has 0 bridgehead atoms. The summed E-state index contributed by atoms with van der Waals surface area (Å²) in [4.78, 5) is 12.1. The molecule has 0 aliphatic heterocycles. The van der Waals surface area contributed by atoms with Crippen LogP contribution in [0.2, 0.25) is 0 Å². The second kappa shape index (κ2) is 7.11. The first-order valence-corrected chi connectivity index (χ1v) is 10.5. The Balaban J connectivity index is 1.83. The highest BCUT2D eigenvalue weighted by Crippen LogP contribution is 2.26. The minimum absolute atomic E-state index is 0.0754. The van der Waals surface area contributed by atoms with Gasteiger partial charge in [-0.2, -0.15) is 0 Å². The second-order valence-corrected chi connectivity index (χ2v) is 8.91. The standard InChI is InChI=1S/C20H24N2O3S/c1-14-4-5-15(2)19(12-14)22(26(3,24)25)13-16-6-8-17(9-7-16)20(23)21-18-10-11-18/h4-9,12,18H,10-11,13H2,1-3H3,(H,21,23). The third-order valence-corrected chi connectivity index (χ3v) is 5.61. The normalized spacial score (nSPS) is 14.1. The summed E-state index contributed by atoms with van der Waals surface area (Å²) in [6.07, 6.45) is 3.30. The smallest absolute Gasteiger partial charge is 0.251 e. The van der Waals surface area contributed by atoms with Crippen molar-refractivity contribution in [2.24, 2.45) is 0 Å². The van der Waals surface area contributed by atoms with Gasteiger partial charge >= 0.3 is 0 Å². The maximum atomic E-state index is 12.4. The summed E-state index contributed by atoms with van der Waals surface area (Å²) in [7, 11) is -3.44. The molecule has 0 heterocycles. The summed E-state index contributed by atoms with van der Waals surface area (Å²) in [5.74, 6) is -0.0754. The molecule has 3 rings (SSSR count). The van der Waals surface area contributed by atoms with Crippen molar-refractivity contribution in [2.75, 3.05) is 10.6 Å². The number of carbonyl (C=O) groups excluding carboxylic acids is 1. The van der Waals surface area contributed by atoms with E-state index in [2.05, 4.69) is 5.32 Å². The molecule has 0 saturated heterocycles. The Morgan fingerprint density at radius 2 is 1.77 bits per heavy atom. The van der Waals surface area contributed by atoms with E-state index in [0.29, 0.717) is 17.3 Å². The molecule has 1 aliphatic rings. The number of rotatable bonds is 6. The zero-order chi connectivity index (χ0) is 18.9. The van der Waals surface area contributed by atoms with Crippen LogP contribution in [0.1, 0.15) is 39.9 Å². The van der Waals surface area contributed by atoms with Crippen LogP contribution in [0.4, 0.5) is 5.69 Å². The van der Waals surface area contributed by atoms with E-state index < -0.39 is 10.0 Å². The van der Waals surface area contributed by atoms with Crippen molar-refractivity contribution >= 4 is 21.6 Å². The molecule has 1 saturated carbocycles. The fraction of sp³-hybridized carbons (Fsp3) is 0.350. The van der Waals surface area contributed by atoms with Crippen molar-refractivity contribution in [3.05, 3.63) is 64.7 Å². The lowest BCUT2D eigenvalue weighted by atomic mass is 10.1. The summed E-state index contributed by atoms with van der Waals surface area (Å²) in [5.41, 5.74) is 4.02. The number of nitrogens with zero attached hydrogens (tertiary/aromatic N) is 1. The Bertz CT molecular complexity index is 917. The van der Waals surface area contributed by atoms with Crippen molar-refractivity contribution in [1.82, 2.24) is 5.32 Å².